The molecule has 0 aliphatic heterocycles. The molecular weight excluding hydrogens is 376 g/mol. The highest BCUT2D eigenvalue weighted by atomic mass is 16.5. The van der Waals surface area contributed by atoms with Crippen molar-refractivity contribution in [3.8, 4) is 11.5 Å². The van der Waals surface area contributed by atoms with Crippen LogP contribution in [0.1, 0.15) is 30.0 Å². The first-order valence-corrected chi connectivity index (χ1v) is 10.0. The van der Waals surface area contributed by atoms with Crippen LogP contribution < -0.4 is 14.9 Å². The summed E-state index contributed by atoms with van der Waals surface area (Å²) in [6.45, 7) is 2.46. The second kappa shape index (κ2) is 11.4. The Morgan fingerprint density at radius 2 is 1.60 bits per heavy atom. The molecule has 5 heteroatoms. The lowest BCUT2D eigenvalue weighted by atomic mass is 10.1. The van der Waals surface area contributed by atoms with Crippen LogP contribution in [-0.2, 0) is 17.8 Å². The van der Waals surface area contributed by atoms with E-state index in [1.165, 1.54) is 5.56 Å². The largest absolute Gasteiger partial charge is 0.489 e. The van der Waals surface area contributed by atoms with Crippen molar-refractivity contribution in [2.24, 2.45) is 5.10 Å². The van der Waals surface area contributed by atoms with Gasteiger partial charge in [0.25, 0.3) is 5.91 Å². The van der Waals surface area contributed by atoms with Crippen LogP contribution in [0.2, 0.25) is 0 Å². The fourth-order valence-corrected chi connectivity index (χ4v) is 2.87. The number of nitrogens with one attached hydrogen (secondary N) is 1. The van der Waals surface area contributed by atoms with E-state index >= 15 is 0 Å². The van der Waals surface area contributed by atoms with E-state index < -0.39 is 0 Å². The number of benzene rings is 3. The number of hydrogen-bond donors (Lipinski definition) is 1. The summed E-state index contributed by atoms with van der Waals surface area (Å²) in [5, 5.41) is 4.05. The van der Waals surface area contributed by atoms with Gasteiger partial charge in [-0.2, -0.15) is 5.10 Å². The number of aryl methyl sites for hydroxylation is 1. The van der Waals surface area contributed by atoms with Crippen molar-refractivity contribution in [2.75, 3.05) is 6.61 Å². The van der Waals surface area contributed by atoms with E-state index in [4.69, 9.17) is 9.47 Å². The summed E-state index contributed by atoms with van der Waals surface area (Å²) < 4.78 is 11.3. The molecule has 0 saturated heterocycles. The van der Waals surface area contributed by atoms with Gasteiger partial charge in [0.2, 0.25) is 0 Å². The maximum atomic E-state index is 12.0. The molecule has 1 N–H and O–H groups in total. The number of rotatable bonds is 10. The molecule has 0 unspecified atom stereocenters. The topological polar surface area (TPSA) is 59.9 Å². The zero-order chi connectivity index (χ0) is 21.0. The molecule has 0 radical (unpaired) electrons. The molecule has 1 amide bonds. The average molecular weight is 402 g/mol. The highest BCUT2D eigenvalue weighted by Crippen LogP contribution is 2.14. The first kappa shape index (κ1) is 21.1. The molecule has 0 aliphatic rings. The summed E-state index contributed by atoms with van der Waals surface area (Å²) in [5.74, 6) is 1.15. The fraction of sp³-hybridized carbons (Fsp3) is 0.200. The summed E-state index contributed by atoms with van der Waals surface area (Å²) >= 11 is 0. The van der Waals surface area contributed by atoms with Crippen LogP contribution in [0, 0.1) is 0 Å². The third-order valence-electron chi connectivity index (χ3n) is 4.42. The SMILES string of the molecule is CCCc1ccc(OCC(=O)N/N=C\c2ccccc2COc2ccccc2)cc1. The monoisotopic (exact) mass is 402 g/mol. The van der Waals surface area contributed by atoms with Crippen LogP contribution in [0.25, 0.3) is 0 Å². The minimum Gasteiger partial charge on any atom is -0.489 e. The van der Waals surface area contributed by atoms with E-state index in [0.29, 0.717) is 12.4 Å². The summed E-state index contributed by atoms with van der Waals surface area (Å²) in [6, 6.07) is 25.2. The van der Waals surface area contributed by atoms with E-state index in [1.54, 1.807) is 6.21 Å². The zero-order valence-electron chi connectivity index (χ0n) is 17.1. The molecule has 0 atom stereocenters. The number of para-hydroxylation sites is 1. The minimum absolute atomic E-state index is 0.0940. The Morgan fingerprint density at radius 1 is 0.900 bits per heavy atom. The number of amides is 1. The normalized spacial score (nSPS) is 10.7. The van der Waals surface area contributed by atoms with Crippen molar-refractivity contribution >= 4 is 12.1 Å². The molecule has 0 bridgehead atoms. The second-order valence-corrected chi connectivity index (χ2v) is 6.78. The summed E-state index contributed by atoms with van der Waals surface area (Å²) in [7, 11) is 0. The lowest BCUT2D eigenvalue weighted by Crippen LogP contribution is -2.24. The summed E-state index contributed by atoms with van der Waals surface area (Å²) in [5.41, 5.74) is 5.61. The molecule has 3 aromatic rings. The van der Waals surface area contributed by atoms with Crippen LogP contribution in [0.3, 0.4) is 0 Å². The molecule has 30 heavy (non-hydrogen) atoms. The highest BCUT2D eigenvalue weighted by Gasteiger charge is 2.03. The van der Waals surface area contributed by atoms with Gasteiger partial charge in [-0.05, 0) is 41.8 Å². The van der Waals surface area contributed by atoms with E-state index in [1.807, 2.05) is 78.9 Å². The minimum atomic E-state index is -0.318. The molecule has 3 aromatic carbocycles. The Morgan fingerprint density at radius 3 is 2.37 bits per heavy atom. The van der Waals surface area contributed by atoms with Gasteiger partial charge in [0.15, 0.2) is 6.61 Å². The van der Waals surface area contributed by atoms with Crippen LogP contribution in [0.15, 0.2) is 84.0 Å². The van der Waals surface area contributed by atoms with Gasteiger partial charge in [0.05, 0.1) is 6.21 Å². The third-order valence-corrected chi connectivity index (χ3v) is 4.42. The van der Waals surface area contributed by atoms with Gasteiger partial charge < -0.3 is 9.47 Å². The third kappa shape index (κ3) is 6.78. The molecular formula is C25H26N2O3. The number of carbonyl (C=O) groups excluding carboxylic acids is 1. The summed E-state index contributed by atoms with van der Waals surface area (Å²) in [6.07, 6.45) is 3.75. The van der Waals surface area contributed by atoms with Gasteiger partial charge in [0.1, 0.15) is 18.1 Å². The predicted octanol–water partition coefficient (Wildman–Crippen LogP) is 4.75. The highest BCUT2D eigenvalue weighted by molar-refractivity contribution is 5.84. The first-order valence-electron chi connectivity index (χ1n) is 10.0. The molecule has 154 valence electrons. The zero-order valence-corrected chi connectivity index (χ0v) is 17.1. The Labute approximate surface area is 177 Å². The van der Waals surface area contributed by atoms with Crippen molar-refractivity contribution in [3.05, 3.63) is 95.6 Å². The fourth-order valence-electron chi connectivity index (χ4n) is 2.87. The van der Waals surface area contributed by atoms with Crippen molar-refractivity contribution in [1.29, 1.82) is 0 Å². The van der Waals surface area contributed by atoms with Gasteiger partial charge >= 0.3 is 0 Å². The average Bonchev–Trinajstić information content (AvgIpc) is 2.79. The van der Waals surface area contributed by atoms with Crippen molar-refractivity contribution in [3.63, 3.8) is 0 Å². The van der Waals surface area contributed by atoms with Crippen molar-refractivity contribution in [2.45, 2.75) is 26.4 Å². The maximum absolute atomic E-state index is 12.0. The van der Waals surface area contributed by atoms with E-state index in [0.717, 1.165) is 29.7 Å². The van der Waals surface area contributed by atoms with Gasteiger partial charge in [0, 0.05) is 5.56 Å². The van der Waals surface area contributed by atoms with Gasteiger partial charge in [-0.15, -0.1) is 0 Å². The molecule has 0 spiro atoms. The smallest absolute Gasteiger partial charge is 0.277 e. The number of ether oxygens (including phenoxy) is 2. The number of hydrazone groups is 1. The van der Waals surface area contributed by atoms with Crippen LogP contribution in [0.5, 0.6) is 11.5 Å². The van der Waals surface area contributed by atoms with Crippen LogP contribution >= 0.6 is 0 Å². The molecule has 0 saturated carbocycles. The molecule has 0 aromatic heterocycles. The lowest BCUT2D eigenvalue weighted by molar-refractivity contribution is -0.123. The number of nitrogens with zero attached hydrogens (tertiary/aromatic N) is 1. The van der Waals surface area contributed by atoms with Crippen molar-refractivity contribution in [1.82, 2.24) is 5.43 Å². The predicted molar refractivity (Wildman–Crippen MR) is 119 cm³/mol. The molecule has 0 aliphatic carbocycles. The molecule has 0 heterocycles. The van der Waals surface area contributed by atoms with Gasteiger partial charge in [-0.25, -0.2) is 5.43 Å². The van der Waals surface area contributed by atoms with Gasteiger partial charge in [-0.1, -0.05) is 67.9 Å². The lowest BCUT2D eigenvalue weighted by Gasteiger charge is -2.08. The second-order valence-electron chi connectivity index (χ2n) is 6.78. The van der Waals surface area contributed by atoms with E-state index in [9.17, 15) is 4.79 Å². The van der Waals surface area contributed by atoms with Crippen molar-refractivity contribution < 1.29 is 14.3 Å². The Balaban J connectivity index is 1.48. The molecule has 0 fully saturated rings. The maximum Gasteiger partial charge on any atom is 0.277 e. The molecule has 5 nitrogen and oxygen atoms in total. The standard InChI is InChI=1S/C25H26N2O3/c1-2-8-20-13-15-24(16-14-20)30-19-25(28)27-26-17-21-9-6-7-10-22(21)18-29-23-11-4-3-5-12-23/h3-7,9-17H,2,8,18-19H2,1H3,(H,27,28)/b26-17-. The number of carbonyl (C=O) groups is 1. The molecule has 3 rings (SSSR count). The first-order chi connectivity index (χ1) is 14.7. The number of hydrogen-bond acceptors (Lipinski definition) is 4. The Bertz CT molecular complexity index is 954. The van der Waals surface area contributed by atoms with E-state index in [-0.39, 0.29) is 12.5 Å². The van der Waals surface area contributed by atoms with Crippen LogP contribution in [-0.4, -0.2) is 18.7 Å². The van der Waals surface area contributed by atoms with E-state index in [2.05, 4.69) is 17.5 Å². The van der Waals surface area contributed by atoms with Crippen LogP contribution in [0.4, 0.5) is 0 Å². The Hall–Kier alpha value is -3.60. The quantitative estimate of drug-likeness (QED) is 0.393. The Kier molecular flexibility index (Phi) is 8.03. The summed E-state index contributed by atoms with van der Waals surface area (Å²) in [4.78, 5) is 12.0. The van der Waals surface area contributed by atoms with Gasteiger partial charge in [-0.3, -0.25) is 4.79 Å².